The number of hydrogen-bond donors (Lipinski definition) is 3. The molecule has 0 aliphatic heterocycles. The summed E-state index contributed by atoms with van der Waals surface area (Å²) in [6, 6.07) is 4.00. The van der Waals surface area contributed by atoms with Crippen LogP contribution in [0, 0.1) is 0 Å². The second-order valence-corrected chi connectivity index (χ2v) is 6.09. The van der Waals surface area contributed by atoms with Gasteiger partial charge >= 0.3 is 6.03 Å². The standard InChI is InChI=1S/C17H24N4O/c22-17(20-14-6-7-14)21-15-8-9-16(19-12-15)18-11-10-13-4-2-1-3-5-13/h4,8-9,12,14H,1-3,5-7,10-11H2,(H,18,19)(H2,20,21,22). The second kappa shape index (κ2) is 7.29. The average molecular weight is 300 g/mol. The summed E-state index contributed by atoms with van der Waals surface area (Å²) in [5, 5.41) is 9.02. The summed E-state index contributed by atoms with van der Waals surface area (Å²) < 4.78 is 0. The topological polar surface area (TPSA) is 66.0 Å². The van der Waals surface area contributed by atoms with Gasteiger partial charge in [0, 0.05) is 12.6 Å². The Morgan fingerprint density at radius 2 is 2.18 bits per heavy atom. The number of amides is 2. The predicted molar refractivity (Wildman–Crippen MR) is 89.1 cm³/mol. The third kappa shape index (κ3) is 4.76. The number of nitrogens with one attached hydrogen (secondary N) is 3. The van der Waals surface area contributed by atoms with Gasteiger partial charge in [-0.2, -0.15) is 0 Å². The molecule has 1 aromatic rings. The first-order valence-electron chi connectivity index (χ1n) is 8.25. The average Bonchev–Trinajstić information content (AvgIpc) is 3.34. The van der Waals surface area contributed by atoms with Gasteiger partial charge in [-0.05, 0) is 57.1 Å². The first kappa shape index (κ1) is 14.9. The van der Waals surface area contributed by atoms with E-state index in [2.05, 4.69) is 27.0 Å². The maximum Gasteiger partial charge on any atom is 0.319 e. The van der Waals surface area contributed by atoms with Crippen LogP contribution in [0.3, 0.4) is 0 Å². The van der Waals surface area contributed by atoms with Gasteiger partial charge in [0.25, 0.3) is 0 Å². The Bertz CT molecular complexity index is 534. The van der Waals surface area contributed by atoms with Crippen LogP contribution >= 0.6 is 0 Å². The smallest absolute Gasteiger partial charge is 0.319 e. The lowest BCUT2D eigenvalue weighted by Crippen LogP contribution is -2.30. The van der Waals surface area contributed by atoms with Gasteiger partial charge in [-0.3, -0.25) is 0 Å². The molecule has 1 aromatic heterocycles. The number of allylic oxidation sites excluding steroid dienone is 1. The first-order chi connectivity index (χ1) is 10.8. The number of nitrogens with zero attached hydrogens (tertiary/aromatic N) is 1. The number of urea groups is 1. The summed E-state index contributed by atoms with van der Waals surface area (Å²) in [6.45, 7) is 0.910. The minimum absolute atomic E-state index is 0.144. The molecule has 2 aliphatic rings. The van der Waals surface area contributed by atoms with Crippen LogP contribution in [-0.2, 0) is 0 Å². The highest BCUT2D eigenvalue weighted by molar-refractivity contribution is 5.89. The normalized spacial score (nSPS) is 17.5. The number of anilines is 2. The summed E-state index contributed by atoms with van der Waals surface area (Å²) >= 11 is 0. The fraction of sp³-hybridized carbons (Fsp3) is 0.529. The number of rotatable bonds is 6. The van der Waals surface area contributed by atoms with Crippen LogP contribution in [0.4, 0.5) is 16.3 Å². The molecule has 0 unspecified atom stereocenters. The van der Waals surface area contributed by atoms with Crippen LogP contribution in [0.1, 0.15) is 44.9 Å². The number of carbonyl (C=O) groups excluding carboxylic acids is 1. The van der Waals surface area contributed by atoms with Crippen molar-refractivity contribution in [1.29, 1.82) is 0 Å². The molecule has 118 valence electrons. The van der Waals surface area contributed by atoms with Crippen molar-refractivity contribution >= 4 is 17.5 Å². The molecule has 3 rings (SSSR count). The van der Waals surface area contributed by atoms with Crippen molar-refractivity contribution < 1.29 is 4.79 Å². The molecule has 5 nitrogen and oxygen atoms in total. The maximum atomic E-state index is 11.6. The lowest BCUT2D eigenvalue weighted by molar-refractivity contribution is 0.251. The number of carbonyl (C=O) groups is 1. The SMILES string of the molecule is O=C(Nc1ccc(NCCC2=CCCCC2)nc1)NC1CC1. The summed E-state index contributed by atoms with van der Waals surface area (Å²) in [4.78, 5) is 16.0. The molecule has 0 bridgehead atoms. The molecule has 22 heavy (non-hydrogen) atoms. The Hall–Kier alpha value is -2.04. The second-order valence-electron chi connectivity index (χ2n) is 6.09. The van der Waals surface area contributed by atoms with Crippen molar-refractivity contribution in [2.45, 2.75) is 51.0 Å². The van der Waals surface area contributed by atoms with Crippen molar-refractivity contribution in [1.82, 2.24) is 10.3 Å². The number of aromatic nitrogens is 1. The Morgan fingerprint density at radius 3 is 2.86 bits per heavy atom. The van der Waals surface area contributed by atoms with Gasteiger partial charge in [-0.25, -0.2) is 9.78 Å². The van der Waals surface area contributed by atoms with Gasteiger partial charge in [0.05, 0.1) is 11.9 Å². The van der Waals surface area contributed by atoms with Gasteiger partial charge in [-0.15, -0.1) is 0 Å². The molecule has 0 radical (unpaired) electrons. The van der Waals surface area contributed by atoms with Gasteiger partial charge in [0.1, 0.15) is 5.82 Å². The molecule has 1 heterocycles. The molecule has 2 aliphatic carbocycles. The van der Waals surface area contributed by atoms with E-state index in [9.17, 15) is 4.79 Å². The molecule has 1 saturated carbocycles. The molecular weight excluding hydrogens is 276 g/mol. The highest BCUT2D eigenvalue weighted by Gasteiger charge is 2.23. The van der Waals surface area contributed by atoms with Crippen LogP contribution in [0.2, 0.25) is 0 Å². The fourth-order valence-corrected chi connectivity index (χ4v) is 2.64. The number of hydrogen-bond acceptors (Lipinski definition) is 3. The highest BCUT2D eigenvalue weighted by Crippen LogP contribution is 2.20. The van der Waals surface area contributed by atoms with E-state index < -0.39 is 0 Å². The molecule has 3 N–H and O–H groups in total. The minimum atomic E-state index is -0.144. The zero-order chi connectivity index (χ0) is 15.2. The van der Waals surface area contributed by atoms with Gasteiger partial charge in [-0.1, -0.05) is 11.6 Å². The summed E-state index contributed by atoms with van der Waals surface area (Å²) in [5.74, 6) is 0.851. The van der Waals surface area contributed by atoms with Crippen LogP contribution < -0.4 is 16.0 Å². The maximum absolute atomic E-state index is 11.6. The first-order valence-corrected chi connectivity index (χ1v) is 8.25. The third-order valence-electron chi connectivity index (χ3n) is 4.07. The van der Waals surface area contributed by atoms with Gasteiger partial charge < -0.3 is 16.0 Å². The molecule has 0 atom stereocenters. The molecule has 2 amide bonds. The zero-order valence-corrected chi connectivity index (χ0v) is 12.9. The third-order valence-corrected chi connectivity index (χ3v) is 4.07. The molecule has 0 aromatic carbocycles. The zero-order valence-electron chi connectivity index (χ0n) is 12.9. The van der Waals surface area contributed by atoms with Crippen molar-refractivity contribution in [2.24, 2.45) is 0 Å². The Balaban J connectivity index is 1.40. The lowest BCUT2D eigenvalue weighted by atomic mass is 9.97. The van der Waals surface area contributed by atoms with Crippen molar-refractivity contribution in [3.8, 4) is 0 Å². The van der Waals surface area contributed by atoms with Crippen molar-refractivity contribution in [3.63, 3.8) is 0 Å². The highest BCUT2D eigenvalue weighted by atomic mass is 16.2. The lowest BCUT2D eigenvalue weighted by Gasteiger charge is -2.13. The van der Waals surface area contributed by atoms with Crippen LogP contribution in [0.5, 0.6) is 0 Å². The van der Waals surface area contributed by atoms with E-state index in [0.29, 0.717) is 6.04 Å². The van der Waals surface area contributed by atoms with E-state index in [1.165, 1.54) is 25.7 Å². The van der Waals surface area contributed by atoms with Crippen LogP contribution in [0.15, 0.2) is 30.0 Å². The van der Waals surface area contributed by atoms with Gasteiger partial charge in [0.15, 0.2) is 0 Å². The van der Waals surface area contributed by atoms with E-state index >= 15 is 0 Å². The van der Waals surface area contributed by atoms with E-state index in [-0.39, 0.29) is 6.03 Å². The van der Waals surface area contributed by atoms with Crippen molar-refractivity contribution in [3.05, 3.63) is 30.0 Å². The van der Waals surface area contributed by atoms with Gasteiger partial charge in [0.2, 0.25) is 0 Å². The summed E-state index contributed by atoms with van der Waals surface area (Å²) in [6.07, 6.45) is 12.5. The van der Waals surface area contributed by atoms with E-state index in [4.69, 9.17) is 0 Å². The minimum Gasteiger partial charge on any atom is -0.370 e. The largest absolute Gasteiger partial charge is 0.370 e. The quantitative estimate of drug-likeness (QED) is 0.702. The van der Waals surface area contributed by atoms with Crippen LogP contribution in [0.25, 0.3) is 0 Å². The van der Waals surface area contributed by atoms with E-state index in [1.54, 1.807) is 11.8 Å². The molecular formula is C17H24N4O. The Labute approximate surface area is 131 Å². The summed E-state index contributed by atoms with van der Waals surface area (Å²) in [7, 11) is 0. The van der Waals surface area contributed by atoms with Crippen LogP contribution in [-0.4, -0.2) is 23.6 Å². The predicted octanol–water partition coefficient (Wildman–Crippen LogP) is 3.67. The molecule has 0 saturated heterocycles. The Kier molecular flexibility index (Phi) is 4.93. The van der Waals surface area contributed by atoms with E-state index in [0.717, 1.165) is 37.3 Å². The monoisotopic (exact) mass is 300 g/mol. The Morgan fingerprint density at radius 1 is 1.27 bits per heavy atom. The molecule has 1 fully saturated rings. The molecule has 0 spiro atoms. The van der Waals surface area contributed by atoms with Crippen molar-refractivity contribution in [2.75, 3.05) is 17.2 Å². The summed E-state index contributed by atoms with van der Waals surface area (Å²) in [5.41, 5.74) is 2.28. The fourth-order valence-electron chi connectivity index (χ4n) is 2.64. The number of pyridine rings is 1. The van der Waals surface area contributed by atoms with E-state index in [1.807, 2.05) is 12.1 Å². The molecule has 5 heteroatoms.